The number of carbonyl (C=O) groups is 1. The summed E-state index contributed by atoms with van der Waals surface area (Å²) >= 11 is 1.79. The summed E-state index contributed by atoms with van der Waals surface area (Å²) in [7, 11) is 0. The quantitative estimate of drug-likeness (QED) is 0.643. The first-order valence-electron chi connectivity index (χ1n) is 7.94. The molecular weight excluding hydrogens is 304 g/mol. The third-order valence-electron chi connectivity index (χ3n) is 3.86. The van der Waals surface area contributed by atoms with Gasteiger partial charge in [0.2, 0.25) is 0 Å². The first-order chi connectivity index (χ1) is 11.3. The predicted molar refractivity (Wildman–Crippen MR) is 95.8 cm³/mol. The van der Waals surface area contributed by atoms with E-state index in [-0.39, 0.29) is 5.91 Å². The SMILES string of the molecule is O=C(NN=C1CCCC1)c1ccc(CSc2ccccc2)cc1. The first-order valence-corrected chi connectivity index (χ1v) is 8.92. The van der Waals surface area contributed by atoms with Crippen molar-refractivity contribution in [3.8, 4) is 0 Å². The molecule has 0 heterocycles. The summed E-state index contributed by atoms with van der Waals surface area (Å²) in [6.45, 7) is 0. The third-order valence-corrected chi connectivity index (χ3v) is 4.94. The number of hydrogen-bond acceptors (Lipinski definition) is 3. The maximum atomic E-state index is 12.1. The molecule has 1 fully saturated rings. The fourth-order valence-electron chi connectivity index (χ4n) is 2.53. The van der Waals surface area contributed by atoms with Crippen molar-refractivity contribution in [2.45, 2.75) is 36.3 Å². The van der Waals surface area contributed by atoms with Crippen LogP contribution in [0.3, 0.4) is 0 Å². The molecule has 1 N–H and O–H groups in total. The van der Waals surface area contributed by atoms with E-state index < -0.39 is 0 Å². The van der Waals surface area contributed by atoms with Gasteiger partial charge in [0.05, 0.1) is 0 Å². The monoisotopic (exact) mass is 324 g/mol. The molecule has 1 aliphatic carbocycles. The minimum atomic E-state index is -0.133. The van der Waals surface area contributed by atoms with Crippen LogP contribution in [0.25, 0.3) is 0 Å². The Kier molecular flexibility index (Phi) is 5.48. The molecule has 0 radical (unpaired) electrons. The largest absolute Gasteiger partial charge is 0.271 e. The van der Waals surface area contributed by atoms with E-state index in [1.165, 1.54) is 23.3 Å². The number of hydrazone groups is 1. The second-order valence-corrected chi connectivity index (χ2v) is 6.67. The molecule has 2 aromatic rings. The summed E-state index contributed by atoms with van der Waals surface area (Å²) in [5.74, 6) is 0.764. The molecule has 0 saturated heterocycles. The highest BCUT2D eigenvalue weighted by atomic mass is 32.2. The van der Waals surface area contributed by atoms with Crippen molar-refractivity contribution in [2.24, 2.45) is 5.10 Å². The zero-order chi connectivity index (χ0) is 15.9. The highest BCUT2D eigenvalue weighted by Crippen LogP contribution is 2.22. The summed E-state index contributed by atoms with van der Waals surface area (Å²) in [5.41, 5.74) is 5.63. The molecule has 0 aliphatic heterocycles. The van der Waals surface area contributed by atoms with Gasteiger partial charge in [0.15, 0.2) is 0 Å². The lowest BCUT2D eigenvalue weighted by Gasteiger charge is -2.04. The minimum Gasteiger partial charge on any atom is -0.267 e. The number of hydrogen-bond donors (Lipinski definition) is 1. The maximum Gasteiger partial charge on any atom is 0.271 e. The van der Waals surface area contributed by atoms with Crippen LogP contribution in [0.4, 0.5) is 0 Å². The lowest BCUT2D eigenvalue weighted by molar-refractivity contribution is 0.0954. The molecule has 0 spiro atoms. The summed E-state index contributed by atoms with van der Waals surface area (Å²) in [5, 5.41) is 4.21. The van der Waals surface area contributed by atoms with Gasteiger partial charge in [-0.2, -0.15) is 5.10 Å². The van der Waals surface area contributed by atoms with Crippen LogP contribution in [-0.4, -0.2) is 11.6 Å². The molecule has 0 aromatic heterocycles. The Bertz CT molecular complexity index is 672. The number of amides is 1. The Morgan fingerprint density at radius 2 is 1.70 bits per heavy atom. The van der Waals surface area contributed by atoms with Gasteiger partial charge in [-0.05, 0) is 55.5 Å². The average molecular weight is 324 g/mol. The molecule has 1 amide bonds. The second kappa shape index (κ2) is 7.97. The van der Waals surface area contributed by atoms with Crippen molar-refractivity contribution < 1.29 is 4.79 Å². The van der Waals surface area contributed by atoms with Gasteiger partial charge in [-0.1, -0.05) is 30.3 Å². The van der Waals surface area contributed by atoms with Crippen LogP contribution >= 0.6 is 11.8 Å². The molecule has 23 heavy (non-hydrogen) atoms. The molecule has 0 atom stereocenters. The van der Waals surface area contributed by atoms with Gasteiger partial charge in [-0.25, -0.2) is 5.43 Å². The van der Waals surface area contributed by atoms with E-state index in [2.05, 4.69) is 22.7 Å². The topological polar surface area (TPSA) is 41.5 Å². The number of rotatable bonds is 5. The normalized spacial score (nSPS) is 13.8. The predicted octanol–water partition coefficient (Wildman–Crippen LogP) is 4.64. The Morgan fingerprint density at radius 3 is 2.39 bits per heavy atom. The number of nitrogens with zero attached hydrogens (tertiary/aromatic N) is 1. The van der Waals surface area contributed by atoms with Gasteiger partial charge in [0, 0.05) is 21.9 Å². The molecule has 1 saturated carbocycles. The molecular formula is C19H20N2OS. The lowest BCUT2D eigenvalue weighted by atomic mass is 10.1. The molecule has 118 valence electrons. The van der Waals surface area contributed by atoms with Crippen molar-refractivity contribution in [3.63, 3.8) is 0 Å². The number of nitrogens with one attached hydrogen (secondary N) is 1. The van der Waals surface area contributed by atoms with Gasteiger partial charge in [0.1, 0.15) is 0 Å². The number of carbonyl (C=O) groups excluding carboxylic acids is 1. The molecule has 0 unspecified atom stereocenters. The highest BCUT2D eigenvalue weighted by Gasteiger charge is 2.09. The number of thioether (sulfide) groups is 1. The van der Waals surface area contributed by atoms with E-state index in [1.54, 1.807) is 11.8 Å². The van der Waals surface area contributed by atoms with E-state index in [1.807, 2.05) is 42.5 Å². The standard InChI is InChI=1S/C19H20N2OS/c22-19(21-20-17-6-4-5-7-17)16-12-10-15(11-13-16)14-23-18-8-2-1-3-9-18/h1-3,8-13H,4-7,14H2,(H,21,22). The molecule has 1 aliphatic rings. The van der Waals surface area contributed by atoms with Crippen LogP contribution < -0.4 is 5.43 Å². The average Bonchev–Trinajstić information content (AvgIpc) is 3.13. The molecule has 2 aromatic carbocycles. The zero-order valence-electron chi connectivity index (χ0n) is 13.0. The maximum absolute atomic E-state index is 12.1. The van der Waals surface area contributed by atoms with Gasteiger partial charge in [0.25, 0.3) is 5.91 Å². The van der Waals surface area contributed by atoms with Gasteiger partial charge < -0.3 is 0 Å². The fourth-order valence-corrected chi connectivity index (χ4v) is 3.40. The first kappa shape index (κ1) is 15.8. The van der Waals surface area contributed by atoms with Crippen molar-refractivity contribution in [1.82, 2.24) is 5.43 Å². The van der Waals surface area contributed by atoms with Crippen molar-refractivity contribution in [1.29, 1.82) is 0 Å². The van der Waals surface area contributed by atoms with Crippen molar-refractivity contribution >= 4 is 23.4 Å². The van der Waals surface area contributed by atoms with Crippen LogP contribution in [0, 0.1) is 0 Å². The van der Waals surface area contributed by atoms with E-state index in [4.69, 9.17) is 0 Å². The molecule has 0 bridgehead atoms. The van der Waals surface area contributed by atoms with E-state index >= 15 is 0 Å². The van der Waals surface area contributed by atoms with Crippen LogP contribution in [0.2, 0.25) is 0 Å². The molecule has 3 nitrogen and oxygen atoms in total. The Hall–Kier alpha value is -2.07. The minimum absolute atomic E-state index is 0.133. The Morgan fingerprint density at radius 1 is 1.00 bits per heavy atom. The van der Waals surface area contributed by atoms with Crippen LogP contribution in [0.15, 0.2) is 64.6 Å². The highest BCUT2D eigenvalue weighted by molar-refractivity contribution is 7.98. The molecule has 3 rings (SSSR count). The van der Waals surface area contributed by atoms with Gasteiger partial charge >= 0.3 is 0 Å². The van der Waals surface area contributed by atoms with E-state index in [0.717, 1.165) is 24.3 Å². The lowest BCUT2D eigenvalue weighted by Crippen LogP contribution is -2.19. The summed E-state index contributed by atoms with van der Waals surface area (Å²) in [4.78, 5) is 13.3. The molecule has 4 heteroatoms. The fraction of sp³-hybridized carbons (Fsp3) is 0.263. The van der Waals surface area contributed by atoms with Crippen molar-refractivity contribution in [3.05, 3.63) is 65.7 Å². The van der Waals surface area contributed by atoms with Crippen LogP contribution in [0.5, 0.6) is 0 Å². The summed E-state index contributed by atoms with van der Waals surface area (Å²) in [6, 6.07) is 18.1. The Labute approximate surface area is 141 Å². The Balaban J connectivity index is 1.54. The summed E-state index contributed by atoms with van der Waals surface area (Å²) in [6.07, 6.45) is 4.39. The number of benzene rings is 2. The van der Waals surface area contributed by atoms with Gasteiger partial charge in [-0.3, -0.25) is 4.79 Å². The third kappa shape index (κ3) is 4.70. The van der Waals surface area contributed by atoms with Crippen LogP contribution in [-0.2, 0) is 5.75 Å². The second-order valence-electron chi connectivity index (χ2n) is 5.62. The van der Waals surface area contributed by atoms with Crippen molar-refractivity contribution in [2.75, 3.05) is 0 Å². The van der Waals surface area contributed by atoms with E-state index in [9.17, 15) is 4.79 Å². The van der Waals surface area contributed by atoms with Gasteiger partial charge in [-0.15, -0.1) is 11.8 Å². The van der Waals surface area contributed by atoms with Crippen LogP contribution in [0.1, 0.15) is 41.6 Å². The summed E-state index contributed by atoms with van der Waals surface area (Å²) < 4.78 is 0. The smallest absolute Gasteiger partial charge is 0.267 e. The van der Waals surface area contributed by atoms with E-state index in [0.29, 0.717) is 5.56 Å². The zero-order valence-corrected chi connectivity index (χ0v) is 13.8.